The Hall–Kier alpha value is -2.32. The van der Waals surface area contributed by atoms with Crippen LogP contribution in [0.5, 0.6) is 11.5 Å². The summed E-state index contributed by atoms with van der Waals surface area (Å²) >= 11 is 12.1. The zero-order valence-electron chi connectivity index (χ0n) is 17.5. The smallest absolute Gasteiger partial charge is 0.163 e. The zero-order valence-corrected chi connectivity index (χ0v) is 19.0. The van der Waals surface area contributed by atoms with Crippen LogP contribution >= 0.6 is 23.2 Å². The third-order valence-corrected chi connectivity index (χ3v) is 6.05. The number of rotatable bonds is 6. The number of morpholine rings is 1. The largest absolute Gasteiger partial charge is 0.493 e. The molecule has 0 bridgehead atoms. The zero-order chi connectivity index (χ0) is 22.0. The van der Waals surface area contributed by atoms with Crippen LogP contribution < -0.4 is 20.1 Å². The molecule has 164 valence electrons. The molecule has 3 atom stereocenters. The lowest BCUT2D eigenvalue weighted by Gasteiger charge is -2.33. The van der Waals surface area contributed by atoms with Gasteiger partial charge < -0.3 is 24.8 Å². The Morgan fingerprint density at radius 3 is 2.71 bits per heavy atom. The SMILES string of the molecule is COc1cc2c(Nc3ccc(Cl)c(Cl)c3)ncnc2cc1OC[C@H]1CNC(C)[C@H](C)O1. The predicted molar refractivity (Wildman–Crippen MR) is 123 cm³/mol. The van der Waals surface area contributed by atoms with Gasteiger partial charge in [-0.25, -0.2) is 9.97 Å². The van der Waals surface area contributed by atoms with Crippen molar-refractivity contribution in [2.24, 2.45) is 0 Å². The minimum absolute atomic E-state index is 0.0381. The van der Waals surface area contributed by atoms with Crippen LogP contribution in [-0.2, 0) is 4.74 Å². The van der Waals surface area contributed by atoms with Crippen molar-refractivity contribution in [3.05, 3.63) is 46.7 Å². The van der Waals surface area contributed by atoms with Gasteiger partial charge in [-0.3, -0.25) is 0 Å². The first-order valence-electron chi connectivity index (χ1n) is 10.0. The lowest BCUT2D eigenvalue weighted by molar-refractivity contribution is -0.0663. The molecule has 0 saturated carbocycles. The van der Waals surface area contributed by atoms with Gasteiger partial charge in [-0.1, -0.05) is 23.2 Å². The van der Waals surface area contributed by atoms with Crippen LogP contribution in [0.4, 0.5) is 11.5 Å². The van der Waals surface area contributed by atoms with Crippen molar-refractivity contribution in [1.29, 1.82) is 0 Å². The van der Waals surface area contributed by atoms with Crippen molar-refractivity contribution in [2.45, 2.75) is 32.1 Å². The first-order valence-corrected chi connectivity index (χ1v) is 10.8. The monoisotopic (exact) mass is 462 g/mol. The van der Waals surface area contributed by atoms with Gasteiger partial charge in [0.2, 0.25) is 0 Å². The maximum atomic E-state index is 6.13. The van der Waals surface area contributed by atoms with Gasteiger partial charge in [0.05, 0.1) is 28.8 Å². The van der Waals surface area contributed by atoms with Crippen molar-refractivity contribution < 1.29 is 14.2 Å². The van der Waals surface area contributed by atoms with E-state index in [0.717, 1.165) is 23.1 Å². The second-order valence-corrected chi connectivity index (χ2v) is 8.28. The second-order valence-electron chi connectivity index (χ2n) is 7.47. The van der Waals surface area contributed by atoms with E-state index < -0.39 is 0 Å². The maximum absolute atomic E-state index is 6.13. The lowest BCUT2D eigenvalue weighted by Crippen LogP contribution is -2.51. The normalized spacial score (nSPS) is 21.1. The minimum atomic E-state index is -0.0381. The van der Waals surface area contributed by atoms with Crippen LogP contribution in [0.1, 0.15) is 13.8 Å². The van der Waals surface area contributed by atoms with Gasteiger partial charge >= 0.3 is 0 Å². The molecule has 7 nitrogen and oxygen atoms in total. The fourth-order valence-corrected chi connectivity index (χ4v) is 3.68. The number of aromatic nitrogens is 2. The molecule has 1 unspecified atom stereocenters. The van der Waals surface area contributed by atoms with Crippen molar-refractivity contribution in [1.82, 2.24) is 15.3 Å². The summed E-state index contributed by atoms with van der Waals surface area (Å²) in [6, 6.07) is 9.33. The molecule has 1 fully saturated rings. The molecule has 0 amide bonds. The Kier molecular flexibility index (Phi) is 6.67. The first kappa shape index (κ1) is 21.9. The fraction of sp³-hybridized carbons (Fsp3) is 0.364. The van der Waals surface area contributed by atoms with Crippen molar-refractivity contribution in [3.8, 4) is 11.5 Å². The third-order valence-electron chi connectivity index (χ3n) is 5.31. The molecule has 1 aliphatic heterocycles. The summed E-state index contributed by atoms with van der Waals surface area (Å²) in [6.45, 7) is 5.31. The average Bonchev–Trinajstić information content (AvgIpc) is 2.76. The average molecular weight is 463 g/mol. The molecule has 2 heterocycles. The second kappa shape index (κ2) is 9.44. The molecule has 1 aromatic heterocycles. The van der Waals surface area contributed by atoms with Crippen LogP contribution in [0.15, 0.2) is 36.7 Å². The van der Waals surface area contributed by atoms with Gasteiger partial charge in [-0.2, -0.15) is 0 Å². The van der Waals surface area contributed by atoms with E-state index in [9.17, 15) is 0 Å². The van der Waals surface area contributed by atoms with Gasteiger partial charge in [0.15, 0.2) is 11.5 Å². The number of anilines is 2. The van der Waals surface area contributed by atoms with Crippen LogP contribution in [0.25, 0.3) is 10.9 Å². The Morgan fingerprint density at radius 2 is 1.97 bits per heavy atom. The van der Waals surface area contributed by atoms with Gasteiger partial charge in [-0.15, -0.1) is 0 Å². The van der Waals surface area contributed by atoms with Crippen molar-refractivity contribution >= 4 is 45.6 Å². The number of hydrogen-bond acceptors (Lipinski definition) is 7. The Bertz CT molecular complexity index is 1080. The number of fused-ring (bicyclic) bond motifs is 1. The van der Waals surface area contributed by atoms with E-state index >= 15 is 0 Å². The highest BCUT2D eigenvalue weighted by molar-refractivity contribution is 6.42. The van der Waals surface area contributed by atoms with E-state index in [4.69, 9.17) is 37.4 Å². The molecule has 0 aliphatic carbocycles. The van der Waals surface area contributed by atoms with Crippen LogP contribution in [0.2, 0.25) is 10.0 Å². The molecular weight excluding hydrogens is 439 g/mol. The summed E-state index contributed by atoms with van der Waals surface area (Å²) in [4.78, 5) is 8.76. The topological polar surface area (TPSA) is 77.5 Å². The first-order chi connectivity index (χ1) is 14.9. The van der Waals surface area contributed by atoms with Gasteiger partial charge in [-0.05, 0) is 38.1 Å². The van der Waals surface area contributed by atoms with E-state index in [1.54, 1.807) is 19.2 Å². The van der Waals surface area contributed by atoms with Gasteiger partial charge in [0.1, 0.15) is 24.9 Å². The molecule has 2 aromatic carbocycles. The highest BCUT2D eigenvalue weighted by Gasteiger charge is 2.25. The van der Waals surface area contributed by atoms with Crippen molar-refractivity contribution in [2.75, 3.05) is 25.6 Å². The summed E-state index contributed by atoms with van der Waals surface area (Å²) in [7, 11) is 1.60. The molecule has 3 aromatic rings. The quantitative estimate of drug-likeness (QED) is 0.542. The van der Waals surface area contributed by atoms with Crippen molar-refractivity contribution in [3.63, 3.8) is 0 Å². The molecule has 9 heteroatoms. The van der Waals surface area contributed by atoms with E-state index in [-0.39, 0.29) is 12.2 Å². The number of methoxy groups -OCH3 is 1. The van der Waals surface area contributed by atoms with E-state index in [2.05, 4.69) is 34.4 Å². The Labute approximate surface area is 191 Å². The number of nitrogens with zero attached hydrogens (tertiary/aromatic N) is 2. The summed E-state index contributed by atoms with van der Waals surface area (Å²) in [5.41, 5.74) is 1.48. The predicted octanol–water partition coefficient (Wildman–Crippen LogP) is 4.83. The molecule has 2 N–H and O–H groups in total. The fourth-order valence-electron chi connectivity index (χ4n) is 3.38. The lowest BCUT2D eigenvalue weighted by atomic mass is 10.1. The molecule has 1 saturated heterocycles. The molecule has 4 rings (SSSR count). The summed E-state index contributed by atoms with van der Waals surface area (Å²) in [6.07, 6.45) is 1.59. The number of ether oxygens (including phenoxy) is 3. The summed E-state index contributed by atoms with van der Waals surface area (Å²) in [5, 5.41) is 8.43. The van der Waals surface area contributed by atoms with E-state index in [1.807, 2.05) is 18.2 Å². The molecular formula is C22H24Cl2N4O3. The number of benzene rings is 2. The van der Waals surface area contributed by atoms with E-state index in [1.165, 1.54) is 6.33 Å². The number of hydrogen-bond donors (Lipinski definition) is 2. The molecule has 31 heavy (non-hydrogen) atoms. The standard InChI is InChI=1S/C22H24Cl2N4O3/c1-12-13(2)31-15(9-25-12)10-30-21-8-19-16(7-20(21)29-3)22(27-11-26-19)28-14-4-5-17(23)18(24)6-14/h4-8,11-13,15,25H,9-10H2,1-3H3,(H,26,27,28)/t12?,13-,15+/m0/s1. The summed E-state index contributed by atoms with van der Waals surface area (Å²) in [5.74, 6) is 1.81. The van der Waals surface area contributed by atoms with Gasteiger partial charge in [0.25, 0.3) is 0 Å². The van der Waals surface area contributed by atoms with Crippen LogP contribution in [0, 0.1) is 0 Å². The highest BCUT2D eigenvalue weighted by Crippen LogP contribution is 2.35. The van der Waals surface area contributed by atoms with Crippen LogP contribution in [0.3, 0.4) is 0 Å². The third kappa shape index (κ3) is 4.96. The Morgan fingerprint density at radius 1 is 1.13 bits per heavy atom. The van der Waals surface area contributed by atoms with Crippen LogP contribution in [-0.4, -0.2) is 48.5 Å². The Balaban J connectivity index is 1.57. The number of nitrogens with one attached hydrogen (secondary N) is 2. The maximum Gasteiger partial charge on any atom is 0.163 e. The minimum Gasteiger partial charge on any atom is -0.493 e. The summed E-state index contributed by atoms with van der Waals surface area (Å²) < 4.78 is 17.6. The molecule has 0 spiro atoms. The number of halogens is 2. The van der Waals surface area contributed by atoms with Gasteiger partial charge in [0, 0.05) is 29.7 Å². The van der Waals surface area contributed by atoms with E-state index in [0.29, 0.717) is 40.0 Å². The molecule has 1 aliphatic rings. The molecule has 0 radical (unpaired) electrons. The highest BCUT2D eigenvalue weighted by atomic mass is 35.5.